The Morgan fingerprint density at radius 3 is 2.81 bits per heavy atom. The van der Waals surface area contributed by atoms with Crippen molar-refractivity contribution in [2.45, 2.75) is 25.8 Å². The van der Waals surface area contributed by atoms with E-state index in [0.717, 1.165) is 0 Å². The van der Waals surface area contributed by atoms with E-state index in [4.69, 9.17) is 0 Å². The lowest BCUT2D eigenvalue weighted by Gasteiger charge is -2.29. The normalized spacial score (nSPS) is 20.5. The van der Waals surface area contributed by atoms with Gasteiger partial charge in [-0.05, 0) is 13.3 Å². The summed E-state index contributed by atoms with van der Waals surface area (Å²) in [5.41, 5.74) is 0. The van der Waals surface area contributed by atoms with Crippen molar-refractivity contribution >= 4 is 17.8 Å². The highest BCUT2D eigenvalue weighted by Crippen LogP contribution is 2.09. The second-order valence-electron chi connectivity index (χ2n) is 3.70. The molecule has 1 unspecified atom stereocenters. The number of esters is 1. The van der Waals surface area contributed by atoms with E-state index >= 15 is 0 Å². The van der Waals surface area contributed by atoms with E-state index in [1.807, 2.05) is 0 Å². The number of likely N-dealkylation sites (tertiary alicyclic amines) is 1. The number of piperidine rings is 1. The van der Waals surface area contributed by atoms with Crippen LogP contribution in [0.5, 0.6) is 0 Å². The lowest BCUT2D eigenvalue weighted by Crippen LogP contribution is -2.50. The van der Waals surface area contributed by atoms with Gasteiger partial charge in [0.1, 0.15) is 0 Å². The standard InChI is InChI=1S/C10H16N2O4/c1-3-16-10(15)9(14)11-7-4-5-8(13)12(2)6-7/h7H,3-6H2,1-2H3,(H,11,14). The van der Waals surface area contributed by atoms with Gasteiger partial charge in [0.15, 0.2) is 0 Å². The first-order chi connectivity index (χ1) is 7.54. The van der Waals surface area contributed by atoms with E-state index in [1.165, 1.54) is 0 Å². The van der Waals surface area contributed by atoms with Crippen LogP contribution in [0.25, 0.3) is 0 Å². The average Bonchev–Trinajstić information content (AvgIpc) is 2.24. The summed E-state index contributed by atoms with van der Waals surface area (Å²) in [6.45, 7) is 2.25. The van der Waals surface area contributed by atoms with Crippen molar-refractivity contribution in [1.29, 1.82) is 0 Å². The molecule has 0 saturated carbocycles. The summed E-state index contributed by atoms with van der Waals surface area (Å²) in [4.78, 5) is 35.1. The van der Waals surface area contributed by atoms with E-state index in [9.17, 15) is 14.4 Å². The summed E-state index contributed by atoms with van der Waals surface area (Å²) in [5.74, 6) is -1.56. The molecule has 0 aromatic rings. The zero-order chi connectivity index (χ0) is 12.1. The second kappa shape index (κ2) is 5.48. The number of hydrogen-bond acceptors (Lipinski definition) is 4. The topological polar surface area (TPSA) is 75.7 Å². The monoisotopic (exact) mass is 228 g/mol. The highest BCUT2D eigenvalue weighted by Gasteiger charge is 2.26. The quantitative estimate of drug-likeness (QED) is 0.500. The van der Waals surface area contributed by atoms with Crippen LogP contribution in [-0.2, 0) is 19.1 Å². The van der Waals surface area contributed by atoms with Gasteiger partial charge in [-0.25, -0.2) is 4.79 Å². The summed E-state index contributed by atoms with van der Waals surface area (Å²) in [6, 6.07) is -0.167. The minimum Gasteiger partial charge on any atom is -0.459 e. The Kier molecular flexibility index (Phi) is 4.28. The minimum atomic E-state index is -0.873. The van der Waals surface area contributed by atoms with Gasteiger partial charge in [-0.15, -0.1) is 0 Å². The zero-order valence-electron chi connectivity index (χ0n) is 9.49. The number of amides is 2. The molecule has 1 aliphatic heterocycles. The fourth-order valence-corrected chi connectivity index (χ4v) is 1.57. The zero-order valence-corrected chi connectivity index (χ0v) is 9.49. The Morgan fingerprint density at radius 2 is 2.25 bits per heavy atom. The first kappa shape index (κ1) is 12.5. The molecule has 0 aromatic heterocycles. The van der Waals surface area contributed by atoms with Gasteiger partial charge in [-0.1, -0.05) is 0 Å². The van der Waals surface area contributed by atoms with Crippen LogP contribution in [0.4, 0.5) is 0 Å². The fourth-order valence-electron chi connectivity index (χ4n) is 1.57. The van der Waals surface area contributed by atoms with Gasteiger partial charge >= 0.3 is 11.9 Å². The van der Waals surface area contributed by atoms with Gasteiger partial charge in [0.2, 0.25) is 5.91 Å². The van der Waals surface area contributed by atoms with Gasteiger partial charge in [0, 0.05) is 26.1 Å². The maximum atomic E-state index is 11.3. The molecule has 1 saturated heterocycles. The molecule has 1 N–H and O–H groups in total. The van der Waals surface area contributed by atoms with Crippen LogP contribution < -0.4 is 5.32 Å². The molecule has 0 aromatic carbocycles. The van der Waals surface area contributed by atoms with E-state index in [-0.39, 0.29) is 18.6 Å². The first-order valence-corrected chi connectivity index (χ1v) is 5.26. The van der Waals surface area contributed by atoms with Gasteiger partial charge in [-0.3, -0.25) is 9.59 Å². The smallest absolute Gasteiger partial charge is 0.396 e. The molecule has 2 amide bonds. The Morgan fingerprint density at radius 1 is 1.56 bits per heavy atom. The van der Waals surface area contributed by atoms with Crippen LogP contribution in [0.15, 0.2) is 0 Å². The molecule has 1 fully saturated rings. The van der Waals surface area contributed by atoms with Crippen LogP contribution in [0, 0.1) is 0 Å². The van der Waals surface area contributed by atoms with E-state index in [2.05, 4.69) is 10.1 Å². The molecule has 1 aliphatic rings. The van der Waals surface area contributed by atoms with Gasteiger partial charge in [-0.2, -0.15) is 0 Å². The lowest BCUT2D eigenvalue weighted by molar-refractivity contribution is -0.155. The molecule has 0 bridgehead atoms. The number of nitrogens with one attached hydrogen (secondary N) is 1. The van der Waals surface area contributed by atoms with Crippen LogP contribution >= 0.6 is 0 Å². The molecular formula is C10H16N2O4. The van der Waals surface area contributed by atoms with Crippen molar-refractivity contribution in [3.05, 3.63) is 0 Å². The SMILES string of the molecule is CCOC(=O)C(=O)NC1CCC(=O)N(C)C1. The Bertz CT molecular complexity index is 303. The predicted octanol–water partition coefficient (Wildman–Crippen LogP) is -0.713. The number of ether oxygens (including phenoxy) is 1. The van der Waals surface area contributed by atoms with Gasteiger partial charge in [0.25, 0.3) is 0 Å². The number of likely N-dealkylation sites (N-methyl/N-ethyl adjacent to an activating group) is 1. The first-order valence-electron chi connectivity index (χ1n) is 5.26. The molecule has 6 heteroatoms. The fraction of sp³-hybridized carbons (Fsp3) is 0.700. The lowest BCUT2D eigenvalue weighted by atomic mass is 10.1. The summed E-state index contributed by atoms with van der Waals surface area (Å²) < 4.78 is 4.56. The third-order valence-electron chi connectivity index (χ3n) is 2.42. The van der Waals surface area contributed by atoms with Crippen molar-refractivity contribution < 1.29 is 19.1 Å². The Balaban J connectivity index is 2.40. The van der Waals surface area contributed by atoms with Crippen molar-refractivity contribution in [3.63, 3.8) is 0 Å². The maximum Gasteiger partial charge on any atom is 0.396 e. The van der Waals surface area contributed by atoms with Gasteiger partial charge < -0.3 is 15.0 Å². The third-order valence-corrected chi connectivity index (χ3v) is 2.42. The maximum absolute atomic E-state index is 11.3. The highest BCUT2D eigenvalue weighted by molar-refractivity contribution is 6.32. The van der Waals surface area contributed by atoms with Crippen LogP contribution in [0.3, 0.4) is 0 Å². The molecule has 1 heterocycles. The number of hydrogen-bond donors (Lipinski definition) is 1. The molecule has 6 nitrogen and oxygen atoms in total. The van der Waals surface area contributed by atoms with Crippen molar-refractivity contribution in [2.24, 2.45) is 0 Å². The highest BCUT2D eigenvalue weighted by atomic mass is 16.5. The number of rotatable bonds is 2. The largest absolute Gasteiger partial charge is 0.459 e. The van der Waals surface area contributed by atoms with Gasteiger partial charge in [0.05, 0.1) is 6.61 Å². The van der Waals surface area contributed by atoms with Crippen molar-refractivity contribution in [2.75, 3.05) is 20.2 Å². The third kappa shape index (κ3) is 3.22. The molecule has 0 aliphatic carbocycles. The summed E-state index contributed by atoms with van der Waals surface area (Å²) in [7, 11) is 1.67. The Hall–Kier alpha value is -1.59. The van der Waals surface area contributed by atoms with Crippen molar-refractivity contribution in [1.82, 2.24) is 10.2 Å². The average molecular weight is 228 g/mol. The van der Waals surface area contributed by atoms with Crippen molar-refractivity contribution in [3.8, 4) is 0 Å². The molecule has 1 atom stereocenters. The molecule has 90 valence electrons. The summed E-state index contributed by atoms with van der Waals surface area (Å²) in [5, 5.41) is 2.55. The molecule has 0 radical (unpaired) electrons. The number of carbonyl (C=O) groups excluding carboxylic acids is 3. The summed E-state index contributed by atoms with van der Waals surface area (Å²) in [6.07, 6.45) is 0.957. The van der Waals surface area contributed by atoms with Crippen LogP contribution in [0.2, 0.25) is 0 Å². The second-order valence-corrected chi connectivity index (χ2v) is 3.70. The molecule has 0 spiro atoms. The number of nitrogens with zero attached hydrogens (tertiary/aromatic N) is 1. The summed E-state index contributed by atoms with van der Waals surface area (Å²) >= 11 is 0. The number of carbonyl (C=O) groups is 3. The van der Waals surface area contributed by atoms with Crippen LogP contribution in [0.1, 0.15) is 19.8 Å². The van der Waals surface area contributed by atoms with Crippen LogP contribution in [-0.4, -0.2) is 48.9 Å². The predicted molar refractivity (Wildman–Crippen MR) is 55.4 cm³/mol. The van der Waals surface area contributed by atoms with E-state index in [1.54, 1.807) is 18.9 Å². The molecule has 16 heavy (non-hydrogen) atoms. The Labute approximate surface area is 93.9 Å². The van der Waals surface area contributed by atoms with E-state index < -0.39 is 11.9 Å². The minimum absolute atomic E-state index is 0.0571. The molecular weight excluding hydrogens is 212 g/mol. The van der Waals surface area contributed by atoms with E-state index in [0.29, 0.717) is 19.4 Å². The molecule has 1 rings (SSSR count).